The Morgan fingerprint density at radius 2 is 1.74 bits per heavy atom. The Bertz CT molecular complexity index is 1780. The fourth-order valence-electron chi connectivity index (χ4n) is 4.62. The highest BCUT2D eigenvalue weighted by molar-refractivity contribution is 8.13. The number of carbonyl (C=O) groups excluding carboxylic acids is 3. The molecular formula is C25H43N8O17P3S. The van der Waals surface area contributed by atoms with Crippen molar-refractivity contribution in [2.75, 3.05) is 37.8 Å². The summed E-state index contributed by atoms with van der Waals surface area (Å²) in [5, 5.41) is 26.1. The molecular weight excluding hydrogens is 809 g/mol. The van der Waals surface area contributed by atoms with Crippen molar-refractivity contribution in [1.82, 2.24) is 30.2 Å². The number of anilines is 1. The minimum Gasteiger partial charge on any atom is -0.386 e. The lowest BCUT2D eigenvalue weighted by Gasteiger charge is -2.30. The van der Waals surface area contributed by atoms with Crippen molar-refractivity contribution >= 4 is 69.1 Å². The molecule has 12 N–H and O–H groups in total. The number of carbonyl (C=O) groups is 3. The average Bonchev–Trinajstić information content (AvgIpc) is 3.60. The van der Waals surface area contributed by atoms with Gasteiger partial charge in [-0.2, -0.15) is 4.31 Å². The second-order valence-electron chi connectivity index (χ2n) is 12.5. The summed E-state index contributed by atoms with van der Waals surface area (Å²) < 4.78 is 62.0. The number of imidazole rings is 1. The fourth-order valence-corrected chi connectivity index (χ4v) is 8.26. The van der Waals surface area contributed by atoms with Crippen molar-refractivity contribution in [3.05, 3.63) is 12.7 Å². The first-order valence-corrected chi connectivity index (χ1v) is 21.2. The Hall–Kier alpha value is -2.48. The van der Waals surface area contributed by atoms with Crippen LogP contribution >= 0.6 is 35.2 Å². The van der Waals surface area contributed by atoms with Crippen molar-refractivity contribution in [2.24, 2.45) is 11.1 Å². The molecule has 0 spiro atoms. The molecule has 1 fully saturated rings. The number of nitrogens with zero attached hydrogens (tertiary/aromatic N) is 4. The van der Waals surface area contributed by atoms with Gasteiger partial charge in [0.25, 0.3) is 0 Å². The first-order chi connectivity index (χ1) is 24.9. The standard InChI is InChI=1S/C25H43N8O17P3S/c1-13(26)8-16(35)54-7-6-28-15(34)4-5-29-23(38)20(37)25(2,3)10-47-53(44,45)50-52(42,43)46-9-14-19(49-51(39,40)41)18(36)24(48-14)33-12-32-17-21(27)30-11-31-22(17)33/h11-14,18-20,24,36-37H,4-10,26H2,1-3H3,(H,28,34)(H,29,38)(H,42,43)(H,44,45)(H2,27,30,31)(H2,39,40,41)/t13-,14+,18+,19+,20-,24+/m0/s1. The number of ether oxygens (including phenoxy) is 1. The molecule has 29 heteroatoms. The van der Waals surface area contributed by atoms with Gasteiger partial charge in [-0.05, 0) is 6.92 Å². The third-order valence-electron chi connectivity index (χ3n) is 7.25. The van der Waals surface area contributed by atoms with Gasteiger partial charge in [-0.3, -0.25) is 32.5 Å². The van der Waals surface area contributed by atoms with E-state index < -0.39 is 84.6 Å². The number of phosphoric ester groups is 3. The molecule has 2 aromatic rings. The molecule has 0 aliphatic carbocycles. The Kier molecular flexibility index (Phi) is 16.2. The third kappa shape index (κ3) is 13.9. The third-order valence-corrected chi connectivity index (χ3v) is 11.3. The summed E-state index contributed by atoms with van der Waals surface area (Å²) in [4.78, 5) is 87.0. The van der Waals surface area contributed by atoms with Gasteiger partial charge in [0.05, 0.1) is 19.5 Å². The minimum atomic E-state index is -5.57. The highest BCUT2D eigenvalue weighted by Gasteiger charge is 2.50. The maximum atomic E-state index is 12.6. The number of nitrogens with two attached hydrogens (primary N) is 2. The molecule has 2 amide bonds. The molecule has 1 saturated heterocycles. The van der Waals surface area contributed by atoms with E-state index in [4.69, 9.17) is 25.3 Å². The lowest BCUT2D eigenvalue weighted by Crippen LogP contribution is -2.46. The highest BCUT2D eigenvalue weighted by Crippen LogP contribution is 2.61. The highest BCUT2D eigenvalue weighted by atomic mass is 32.2. The molecule has 0 bridgehead atoms. The number of nitrogens with one attached hydrogen (secondary N) is 2. The summed E-state index contributed by atoms with van der Waals surface area (Å²) in [7, 11) is -16.4. The van der Waals surface area contributed by atoms with Crippen molar-refractivity contribution in [2.45, 2.75) is 70.3 Å². The molecule has 1 aliphatic heterocycles. The van der Waals surface area contributed by atoms with E-state index in [0.29, 0.717) is 5.75 Å². The largest absolute Gasteiger partial charge is 0.481 e. The summed E-state index contributed by atoms with van der Waals surface area (Å²) in [5.41, 5.74) is 9.80. The van der Waals surface area contributed by atoms with Crippen LogP contribution in [0.5, 0.6) is 0 Å². The topological polar surface area (TPSA) is 390 Å². The smallest absolute Gasteiger partial charge is 0.386 e. The lowest BCUT2D eigenvalue weighted by atomic mass is 9.87. The number of aromatic nitrogens is 4. The molecule has 8 atom stereocenters. The van der Waals surface area contributed by atoms with Gasteiger partial charge in [-0.25, -0.2) is 28.6 Å². The van der Waals surface area contributed by atoms with Crippen LogP contribution in [0.15, 0.2) is 12.7 Å². The number of nitrogen functional groups attached to an aromatic ring is 1. The molecule has 54 heavy (non-hydrogen) atoms. The number of aliphatic hydroxyl groups excluding tert-OH is 2. The van der Waals surface area contributed by atoms with E-state index in [1.54, 1.807) is 6.92 Å². The second-order valence-corrected chi connectivity index (χ2v) is 17.9. The maximum absolute atomic E-state index is 12.6. The second kappa shape index (κ2) is 19.1. The van der Waals surface area contributed by atoms with E-state index in [1.807, 2.05) is 0 Å². The maximum Gasteiger partial charge on any atom is 0.481 e. The summed E-state index contributed by atoms with van der Waals surface area (Å²) in [6, 6.07) is -0.280. The molecule has 2 aromatic heterocycles. The summed E-state index contributed by atoms with van der Waals surface area (Å²) in [6.45, 7) is 2.14. The molecule has 1 aliphatic rings. The van der Waals surface area contributed by atoms with Crippen LogP contribution in [0.4, 0.5) is 5.82 Å². The Morgan fingerprint density at radius 1 is 1.07 bits per heavy atom. The number of phosphoric acid groups is 3. The molecule has 25 nitrogen and oxygen atoms in total. The average molecular weight is 853 g/mol. The zero-order valence-corrected chi connectivity index (χ0v) is 32.4. The fraction of sp³-hybridized carbons (Fsp3) is 0.680. The number of amides is 2. The van der Waals surface area contributed by atoms with Crippen molar-refractivity contribution in [3.8, 4) is 0 Å². The van der Waals surface area contributed by atoms with Crippen molar-refractivity contribution < 1.29 is 80.5 Å². The van der Waals surface area contributed by atoms with Crippen molar-refractivity contribution in [3.63, 3.8) is 0 Å². The summed E-state index contributed by atoms with van der Waals surface area (Å²) in [6.07, 6.45) is -6.74. The minimum absolute atomic E-state index is 0.0286. The molecule has 306 valence electrons. The van der Waals surface area contributed by atoms with Gasteiger partial charge in [0, 0.05) is 43.1 Å². The molecule has 0 saturated carbocycles. The Balaban J connectivity index is 1.51. The van der Waals surface area contributed by atoms with Crippen LogP contribution in [-0.4, -0.2) is 129 Å². The van der Waals surface area contributed by atoms with Crippen LogP contribution < -0.4 is 22.1 Å². The van der Waals surface area contributed by atoms with Gasteiger partial charge in [0.1, 0.15) is 36.3 Å². The SMILES string of the molecule is C[C@H](N)CC(=O)SCCNC(=O)CCNC(=O)[C@H](O)C(C)(C)COP(=O)(O)OP(=O)(O)OC[C@H]1O[C@@H](n2cnc3c(N)ncnc32)[C@H](O)[C@@H]1OP(=O)(O)O. The number of thioether (sulfide) groups is 1. The number of hydrogen-bond donors (Lipinski definition) is 10. The van der Waals surface area contributed by atoms with E-state index >= 15 is 0 Å². The van der Waals surface area contributed by atoms with Gasteiger partial charge in [-0.15, -0.1) is 0 Å². The monoisotopic (exact) mass is 852 g/mol. The van der Waals surface area contributed by atoms with E-state index in [-0.39, 0.29) is 54.1 Å². The van der Waals surface area contributed by atoms with Gasteiger partial charge in [0.2, 0.25) is 11.8 Å². The summed E-state index contributed by atoms with van der Waals surface area (Å²) in [5.74, 6) is -1.16. The van der Waals surface area contributed by atoms with Crippen LogP contribution in [0.3, 0.4) is 0 Å². The normalized spacial score (nSPS) is 22.6. The van der Waals surface area contributed by atoms with Crippen LogP contribution in [0, 0.1) is 5.41 Å². The molecule has 2 unspecified atom stereocenters. The number of hydrogen-bond acceptors (Lipinski definition) is 19. The van der Waals surface area contributed by atoms with Gasteiger partial charge >= 0.3 is 23.5 Å². The molecule has 3 rings (SSSR count). The van der Waals surface area contributed by atoms with E-state index in [1.165, 1.54) is 13.8 Å². The zero-order valence-electron chi connectivity index (χ0n) is 28.9. The van der Waals surface area contributed by atoms with Crippen LogP contribution in [0.25, 0.3) is 11.2 Å². The lowest BCUT2D eigenvalue weighted by molar-refractivity contribution is -0.137. The van der Waals surface area contributed by atoms with Crippen LogP contribution in [-0.2, 0) is 50.7 Å². The van der Waals surface area contributed by atoms with Crippen molar-refractivity contribution in [1.29, 1.82) is 0 Å². The van der Waals surface area contributed by atoms with E-state index in [2.05, 4.69) is 34.4 Å². The van der Waals surface area contributed by atoms with E-state index in [9.17, 15) is 57.9 Å². The quantitative estimate of drug-likeness (QED) is 0.0499. The Morgan fingerprint density at radius 3 is 2.39 bits per heavy atom. The molecule has 0 radical (unpaired) electrons. The number of fused-ring (bicyclic) bond motifs is 1. The predicted octanol–water partition coefficient (Wildman–Crippen LogP) is -1.60. The van der Waals surface area contributed by atoms with Gasteiger partial charge < -0.3 is 56.6 Å². The number of rotatable bonds is 21. The van der Waals surface area contributed by atoms with Gasteiger partial charge in [-0.1, -0.05) is 25.6 Å². The van der Waals surface area contributed by atoms with Crippen LogP contribution in [0.1, 0.15) is 39.8 Å². The number of aliphatic hydroxyl groups is 2. The van der Waals surface area contributed by atoms with Crippen LogP contribution in [0.2, 0.25) is 0 Å². The predicted molar refractivity (Wildman–Crippen MR) is 185 cm³/mol. The Labute approximate surface area is 311 Å². The first-order valence-electron chi connectivity index (χ1n) is 15.7. The molecule has 0 aromatic carbocycles. The molecule has 3 heterocycles. The van der Waals surface area contributed by atoms with E-state index in [0.717, 1.165) is 29.0 Å². The van der Waals surface area contributed by atoms with Gasteiger partial charge in [0.15, 0.2) is 22.8 Å². The summed E-state index contributed by atoms with van der Waals surface area (Å²) >= 11 is 1.02. The first kappa shape index (κ1) is 45.9. The zero-order chi connectivity index (χ0) is 40.6.